The molecule has 1 unspecified atom stereocenters. The minimum absolute atomic E-state index is 0.0330. The van der Waals surface area contributed by atoms with Gasteiger partial charge in [0.15, 0.2) is 0 Å². The highest BCUT2D eigenvalue weighted by Crippen LogP contribution is 2.35. The van der Waals surface area contributed by atoms with Gasteiger partial charge in [-0.2, -0.15) is 5.26 Å². The summed E-state index contributed by atoms with van der Waals surface area (Å²) in [6, 6.07) is 6.96. The molecule has 2 nitrogen and oxygen atoms in total. The lowest BCUT2D eigenvalue weighted by molar-refractivity contribution is 0.621. The molecule has 0 saturated carbocycles. The van der Waals surface area contributed by atoms with Crippen molar-refractivity contribution in [3.63, 3.8) is 0 Å². The van der Waals surface area contributed by atoms with E-state index in [0.29, 0.717) is 0 Å². The van der Waals surface area contributed by atoms with Crippen LogP contribution in [0.1, 0.15) is 48.1 Å². The average molecular weight is 252 g/mol. The van der Waals surface area contributed by atoms with Crippen molar-refractivity contribution in [1.29, 1.82) is 5.26 Å². The Morgan fingerprint density at radius 3 is 2.84 bits per heavy atom. The van der Waals surface area contributed by atoms with Crippen molar-refractivity contribution in [2.45, 2.75) is 52.5 Å². The van der Waals surface area contributed by atoms with E-state index in [0.717, 1.165) is 19.4 Å². The highest BCUT2D eigenvalue weighted by atomic mass is 15.0. The summed E-state index contributed by atoms with van der Waals surface area (Å²) in [6.07, 6.45) is 3.25. The number of aromatic nitrogens is 1. The Hall–Kier alpha value is -1.75. The van der Waals surface area contributed by atoms with E-state index in [1.165, 1.54) is 39.7 Å². The molecule has 1 aliphatic rings. The smallest absolute Gasteiger partial charge is 0.0710 e. The third-order valence-electron chi connectivity index (χ3n) is 4.63. The lowest BCUT2D eigenvalue weighted by Gasteiger charge is -2.19. The molecule has 0 spiro atoms. The van der Waals surface area contributed by atoms with Crippen LogP contribution in [0.2, 0.25) is 0 Å². The molecule has 2 aromatic rings. The summed E-state index contributed by atoms with van der Waals surface area (Å²) in [5.74, 6) is 0.0330. The van der Waals surface area contributed by atoms with Crippen molar-refractivity contribution in [3.05, 3.63) is 34.5 Å². The highest BCUT2D eigenvalue weighted by molar-refractivity contribution is 5.89. The Balaban J connectivity index is 2.32. The van der Waals surface area contributed by atoms with Gasteiger partial charge in [-0.3, -0.25) is 0 Å². The lowest BCUT2D eigenvalue weighted by Crippen LogP contribution is -2.09. The molecule has 0 amide bonds. The van der Waals surface area contributed by atoms with Gasteiger partial charge in [0.25, 0.3) is 0 Å². The number of hydrogen-bond donors (Lipinski definition) is 0. The molecule has 0 saturated heterocycles. The van der Waals surface area contributed by atoms with E-state index in [4.69, 9.17) is 0 Å². The van der Waals surface area contributed by atoms with E-state index in [9.17, 15) is 5.26 Å². The van der Waals surface area contributed by atoms with Gasteiger partial charge in [-0.05, 0) is 55.9 Å². The van der Waals surface area contributed by atoms with Gasteiger partial charge < -0.3 is 4.57 Å². The quantitative estimate of drug-likeness (QED) is 0.786. The van der Waals surface area contributed by atoms with Crippen LogP contribution in [0.4, 0.5) is 0 Å². The van der Waals surface area contributed by atoms with Crippen molar-refractivity contribution in [2.75, 3.05) is 0 Å². The first-order valence-electron chi connectivity index (χ1n) is 7.19. The maximum atomic E-state index is 9.30. The fourth-order valence-corrected chi connectivity index (χ4v) is 3.39. The first-order chi connectivity index (χ1) is 9.17. The normalized spacial score (nSPS) is 15.5. The van der Waals surface area contributed by atoms with Crippen LogP contribution in [0, 0.1) is 25.2 Å². The molecule has 0 bridgehead atoms. The Bertz CT molecular complexity index is 686. The maximum absolute atomic E-state index is 9.30. The van der Waals surface area contributed by atoms with Crippen molar-refractivity contribution in [1.82, 2.24) is 4.57 Å². The fourth-order valence-electron chi connectivity index (χ4n) is 3.39. The molecule has 0 radical (unpaired) electrons. The van der Waals surface area contributed by atoms with Gasteiger partial charge in [0.1, 0.15) is 0 Å². The second-order valence-electron chi connectivity index (χ2n) is 5.63. The summed E-state index contributed by atoms with van der Waals surface area (Å²) in [4.78, 5) is 0. The van der Waals surface area contributed by atoms with Crippen molar-refractivity contribution >= 4 is 10.9 Å². The molecule has 1 aromatic heterocycles. The van der Waals surface area contributed by atoms with Crippen molar-refractivity contribution < 1.29 is 0 Å². The molecule has 0 fully saturated rings. The third kappa shape index (κ3) is 1.69. The first-order valence-corrected chi connectivity index (χ1v) is 7.19. The summed E-state index contributed by atoms with van der Waals surface area (Å²) in [5.41, 5.74) is 6.82. The molecule has 19 heavy (non-hydrogen) atoms. The number of rotatable bonds is 2. The summed E-state index contributed by atoms with van der Waals surface area (Å²) in [5, 5.41) is 10.7. The molecule has 1 atom stereocenters. The zero-order valence-corrected chi connectivity index (χ0v) is 12.0. The van der Waals surface area contributed by atoms with Crippen LogP contribution in [0.3, 0.4) is 0 Å². The largest absolute Gasteiger partial charge is 0.344 e. The summed E-state index contributed by atoms with van der Waals surface area (Å²) >= 11 is 0. The van der Waals surface area contributed by atoms with E-state index in [1.807, 2.05) is 0 Å². The van der Waals surface area contributed by atoms with E-state index >= 15 is 0 Å². The number of aryl methyl sites for hydroxylation is 3. The second-order valence-corrected chi connectivity index (χ2v) is 5.63. The fraction of sp³-hybridized carbons (Fsp3) is 0.471. The second kappa shape index (κ2) is 4.42. The Kier molecular flexibility index (Phi) is 2.86. The molecule has 3 rings (SSSR count). The number of nitrogens with zero attached hydrogens (tertiary/aromatic N) is 2. The van der Waals surface area contributed by atoms with Gasteiger partial charge in [-0.1, -0.05) is 13.0 Å². The Labute approximate surface area is 114 Å². The van der Waals surface area contributed by atoms with E-state index < -0.39 is 0 Å². The van der Waals surface area contributed by atoms with Gasteiger partial charge in [0.2, 0.25) is 0 Å². The number of hydrogen-bond acceptors (Lipinski definition) is 1. The van der Waals surface area contributed by atoms with Gasteiger partial charge in [0.05, 0.1) is 17.5 Å². The van der Waals surface area contributed by atoms with E-state index in [-0.39, 0.29) is 5.92 Å². The molecule has 0 N–H and O–H groups in total. The van der Waals surface area contributed by atoms with Crippen LogP contribution in [0.15, 0.2) is 12.1 Å². The molecule has 1 aliphatic heterocycles. The molecule has 98 valence electrons. The van der Waals surface area contributed by atoms with Crippen LogP contribution in [0.5, 0.6) is 0 Å². The Morgan fingerprint density at radius 2 is 2.16 bits per heavy atom. The van der Waals surface area contributed by atoms with Crippen molar-refractivity contribution in [2.24, 2.45) is 0 Å². The average Bonchev–Trinajstić information content (AvgIpc) is 2.68. The lowest BCUT2D eigenvalue weighted by atomic mass is 9.92. The van der Waals surface area contributed by atoms with Crippen LogP contribution in [0.25, 0.3) is 10.9 Å². The third-order valence-corrected chi connectivity index (χ3v) is 4.63. The first kappa shape index (κ1) is 12.3. The molecule has 2 heteroatoms. The topological polar surface area (TPSA) is 28.7 Å². The minimum Gasteiger partial charge on any atom is -0.344 e. The predicted octanol–water partition coefficient (Wildman–Crippen LogP) is 4.22. The van der Waals surface area contributed by atoms with E-state index in [2.05, 4.69) is 43.5 Å². The molecule has 1 aromatic carbocycles. The molecular weight excluding hydrogens is 232 g/mol. The summed E-state index contributed by atoms with van der Waals surface area (Å²) in [7, 11) is 0. The summed E-state index contributed by atoms with van der Waals surface area (Å²) < 4.78 is 2.46. The minimum atomic E-state index is 0.0330. The van der Waals surface area contributed by atoms with Gasteiger partial charge in [-0.15, -0.1) is 0 Å². The SMILES string of the molecule is CCC(C#N)c1cc2c3c(c1)c(C)c(C)n3CCC2. The van der Waals surface area contributed by atoms with Gasteiger partial charge in [0, 0.05) is 17.6 Å². The van der Waals surface area contributed by atoms with Crippen molar-refractivity contribution in [3.8, 4) is 6.07 Å². The number of benzene rings is 1. The molecular formula is C17H20N2. The number of nitriles is 1. The van der Waals surface area contributed by atoms with E-state index in [1.54, 1.807) is 0 Å². The zero-order chi connectivity index (χ0) is 13.6. The predicted molar refractivity (Wildman–Crippen MR) is 78.4 cm³/mol. The molecule has 2 heterocycles. The van der Waals surface area contributed by atoms with Crippen LogP contribution in [-0.2, 0) is 13.0 Å². The van der Waals surface area contributed by atoms with Crippen LogP contribution in [-0.4, -0.2) is 4.57 Å². The summed E-state index contributed by atoms with van der Waals surface area (Å²) in [6.45, 7) is 7.65. The van der Waals surface area contributed by atoms with Gasteiger partial charge in [-0.25, -0.2) is 0 Å². The van der Waals surface area contributed by atoms with Crippen LogP contribution < -0.4 is 0 Å². The van der Waals surface area contributed by atoms with Gasteiger partial charge >= 0.3 is 0 Å². The zero-order valence-electron chi connectivity index (χ0n) is 12.0. The van der Waals surface area contributed by atoms with Crippen LogP contribution >= 0.6 is 0 Å². The highest BCUT2D eigenvalue weighted by Gasteiger charge is 2.20. The monoisotopic (exact) mass is 252 g/mol. The Morgan fingerprint density at radius 1 is 1.37 bits per heavy atom. The molecule has 0 aliphatic carbocycles. The standard InChI is InChI=1S/C17H20N2/c1-4-13(10-18)15-8-14-6-5-7-19-12(3)11(2)16(9-15)17(14)19/h8-9,13H,4-7H2,1-3H3. The maximum Gasteiger partial charge on any atom is 0.0710 e.